The molecule has 2 aromatic rings. The van der Waals surface area contributed by atoms with Crippen LogP contribution in [0.25, 0.3) is 0 Å². The molecule has 1 aromatic heterocycles. The topological polar surface area (TPSA) is 85.1 Å². The van der Waals surface area contributed by atoms with Gasteiger partial charge in [0.25, 0.3) is 0 Å². The molecular formula is C13H12ClN3O2S2. The van der Waals surface area contributed by atoms with Crippen molar-refractivity contribution in [2.45, 2.75) is 11.4 Å². The molecule has 0 atom stereocenters. The van der Waals surface area contributed by atoms with Crippen LogP contribution in [0.15, 0.2) is 47.6 Å². The molecule has 0 bridgehead atoms. The van der Waals surface area contributed by atoms with Crippen molar-refractivity contribution >= 4 is 38.8 Å². The van der Waals surface area contributed by atoms with Crippen LogP contribution in [0, 0.1) is 0 Å². The van der Waals surface area contributed by atoms with Gasteiger partial charge in [-0.05, 0) is 29.8 Å². The minimum atomic E-state index is -3.76. The first kappa shape index (κ1) is 15.8. The lowest BCUT2D eigenvalue weighted by molar-refractivity contribution is 0.581. The Morgan fingerprint density at radius 3 is 2.57 bits per heavy atom. The van der Waals surface area contributed by atoms with E-state index in [2.05, 4.69) is 9.71 Å². The second-order valence-corrected chi connectivity index (χ2v) is 6.77. The van der Waals surface area contributed by atoms with Crippen molar-refractivity contribution in [3.63, 3.8) is 0 Å². The lowest BCUT2D eigenvalue weighted by Gasteiger charge is -2.10. The monoisotopic (exact) mass is 341 g/mol. The Morgan fingerprint density at radius 2 is 1.95 bits per heavy atom. The molecule has 3 N–H and O–H groups in total. The van der Waals surface area contributed by atoms with Crippen molar-refractivity contribution in [2.24, 2.45) is 5.73 Å². The van der Waals surface area contributed by atoms with Gasteiger partial charge in [-0.25, -0.2) is 13.1 Å². The van der Waals surface area contributed by atoms with Crippen LogP contribution >= 0.6 is 23.8 Å². The van der Waals surface area contributed by atoms with Crippen LogP contribution < -0.4 is 10.5 Å². The number of hydrogen-bond donors (Lipinski definition) is 2. The summed E-state index contributed by atoms with van der Waals surface area (Å²) in [5, 5.41) is 0.109. The average molecular weight is 342 g/mol. The Hall–Kier alpha value is -1.54. The first-order valence-electron chi connectivity index (χ1n) is 5.88. The molecule has 0 saturated carbocycles. The highest BCUT2D eigenvalue weighted by Crippen LogP contribution is 2.22. The summed E-state index contributed by atoms with van der Waals surface area (Å²) in [6, 6.07) is 7.83. The van der Waals surface area contributed by atoms with Gasteiger partial charge in [0.2, 0.25) is 10.0 Å². The molecule has 0 saturated heterocycles. The zero-order valence-corrected chi connectivity index (χ0v) is 13.2. The van der Waals surface area contributed by atoms with Crippen molar-refractivity contribution in [2.75, 3.05) is 0 Å². The maximum Gasteiger partial charge on any atom is 0.242 e. The molecule has 110 valence electrons. The smallest absolute Gasteiger partial charge is 0.242 e. The summed E-state index contributed by atoms with van der Waals surface area (Å²) < 4.78 is 27.1. The van der Waals surface area contributed by atoms with Crippen molar-refractivity contribution in [1.29, 1.82) is 0 Å². The van der Waals surface area contributed by atoms with E-state index in [-0.39, 0.29) is 21.5 Å². The van der Waals surface area contributed by atoms with E-state index in [1.807, 2.05) is 0 Å². The number of aromatic nitrogens is 1. The van der Waals surface area contributed by atoms with Gasteiger partial charge < -0.3 is 5.73 Å². The van der Waals surface area contributed by atoms with Crippen molar-refractivity contribution in [3.8, 4) is 0 Å². The maximum atomic E-state index is 12.3. The number of sulfonamides is 1. The quantitative estimate of drug-likeness (QED) is 0.811. The van der Waals surface area contributed by atoms with Gasteiger partial charge in [0.15, 0.2) is 0 Å². The van der Waals surface area contributed by atoms with Crippen LogP contribution in [0.4, 0.5) is 0 Å². The lowest BCUT2D eigenvalue weighted by Crippen LogP contribution is -2.24. The van der Waals surface area contributed by atoms with E-state index in [9.17, 15) is 8.42 Å². The first-order chi connectivity index (χ1) is 9.90. The third-order valence-corrected chi connectivity index (χ3v) is 4.84. The number of benzene rings is 1. The van der Waals surface area contributed by atoms with E-state index < -0.39 is 10.0 Å². The van der Waals surface area contributed by atoms with Crippen molar-refractivity contribution in [3.05, 3.63) is 58.9 Å². The van der Waals surface area contributed by atoms with Gasteiger partial charge in [-0.1, -0.05) is 29.9 Å². The molecule has 0 aliphatic carbocycles. The summed E-state index contributed by atoms with van der Waals surface area (Å²) in [6.07, 6.45) is 3.17. The number of pyridine rings is 1. The fourth-order valence-electron chi connectivity index (χ4n) is 1.62. The minimum Gasteiger partial charge on any atom is -0.389 e. The van der Waals surface area contributed by atoms with Crippen LogP contribution in [-0.4, -0.2) is 18.4 Å². The van der Waals surface area contributed by atoms with Crippen molar-refractivity contribution < 1.29 is 8.42 Å². The maximum absolute atomic E-state index is 12.3. The Balaban J connectivity index is 2.27. The van der Waals surface area contributed by atoms with Gasteiger partial charge in [-0.15, -0.1) is 0 Å². The van der Waals surface area contributed by atoms with E-state index in [0.29, 0.717) is 5.56 Å². The molecule has 0 aliphatic heterocycles. The molecule has 0 radical (unpaired) electrons. The number of nitrogens with two attached hydrogens (primary N) is 1. The molecule has 21 heavy (non-hydrogen) atoms. The fraction of sp³-hybridized carbons (Fsp3) is 0.0769. The van der Waals surface area contributed by atoms with Gasteiger partial charge in [0.05, 0.1) is 5.02 Å². The summed E-state index contributed by atoms with van der Waals surface area (Å²) in [6.45, 7) is 0.137. The second kappa shape index (κ2) is 6.48. The molecule has 0 unspecified atom stereocenters. The van der Waals surface area contributed by atoms with E-state index >= 15 is 0 Å². The normalized spacial score (nSPS) is 11.3. The molecule has 0 aliphatic rings. The van der Waals surface area contributed by atoms with Gasteiger partial charge in [0, 0.05) is 24.5 Å². The van der Waals surface area contributed by atoms with E-state index in [1.54, 1.807) is 30.6 Å². The molecule has 1 heterocycles. The minimum absolute atomic E-state index is 0.0523. The van der Waals surface area contributed by atoms with Crippen molar-refractivity contribution in [1.82, 2.24) is 9.71 Å². The van der Waals surface area contributed by atoms with E-state index in [1.165, 1.54) is 12.1 Å². The molecule has 2 rings (SSSR count). The van der Waals surface area contributed by atoms with Crippen LogP contribution in [0.3, 0.4) is 0 Å². The van der Waals surface area contributed by atoms with Gasteiger partial charge >= 0.3 is 0 Å². The Kier molecular flexibility index (Phi) is 4.89. The third-order valence-electron chi connectivity index (χ3n) is 2.72. The molecule has 0 fully saturated rings. The average Bonchev–Trinajstić information content (AvgIpc) is 2.46. The third kappa shape index (κ3) is 3.98. The van der Waals surface area contributed by atoms with Gasteiger partial charge in [0.1, 0.15) is 9.88 Å². The Bertz CT molecular complexity index is 764. The van der Waals surface area contributed by atoms with Crippen LogP contribution in [0.1, 0.15) is 11.1 Å². The zero-order chi connectivity index (χ0) is 15.5. The highest BCUT2D eigenvalue weighted by atomic mass is 35.5. The van der Waals surface area contributed by atoms with Crippen LogP contribution in [0.5, 0.6) is 0 Å². The molecule has 8 heteroatoms. The first-order valence-corrected chi connectivity index (χ1v) is 8.15. The molecule has 1 aromatic carbocycles. The highest BCUT2D eigenvalue weighted by Gasteiger charge is 2.18. The van der Waals surface area contributed by atoms with Crippen LogP contribution in [-0.2, 0) is 16.6 Å². The zero-order valence-electron chi connectivity index (χ0n) is 10.8. The van der Waals surface area contributed by atoms with Gasteiger partial charge in [-0.2, -0.15) is 0 Å². The number of rotatable bonds is 5. The largest absolute Gasteiger partial charge is 0.389 e. The number of nitrogens with zero attached hydrogens (tertiary/aromatic N) is 1. The summed E-state index contributed by atoms with van der Waals surface area (Å²) in [5.41, 5.74) is 6.74. The predicted molar refractivity (Wildman–Crippen MR) is 85.6 cm³/mol. The van der Waals surface area contributed by atoms with E-state index in [0.717, 1.165) is 5.56 Å². The number of halogens is 1. The molecular weight excluding hydrogens is 330 g/mol. The molecule has 0 amide bonds. The van der Waals surface area contributed by atoms with Gasteiger partial charge in [-0.3, -0.25) is 4.98 Å². The Morgan fingerprint density at radius 1 is 1.29 bits per heavy atom. The number of nitrogens with one attached hydrogen (secondary N) is 1. The standard InChI is InChI=1S/C13H12ClN3O2S2/c14-11-2-1-10(13(15)20)7-12(11)21(18,19)17-8-9-3-5-16-6-4-9/h1-7,17H,8H2,(H2,15,20). The fourth-order valence-corrected chi connectivity index (χ4v) is 3.29. The lowest BCUT2D eigenvalue weighted by atomic mass is 10.2. The SMILES string of the molecule is NC(=S)c1ccc(Cl)c(S(=O)(=O)NCc2ccncc2)c1. The summed E-state index contributed by atoms with van der Waals surface area (Å²) in [4.78, 5) is 3.92. The van der Waals surface area contributed by atoms with E-state index in [4.69, 9.17) is 29.6 Å². The number of thiocarbonyl (C=S) groups is 1. The Labute approximate surface area is 133 Å². The number of hydrogen-bond acceptors (Lipinski definition) is 4. The summed E-state index contributed by atoms with van der Waals surface area (Å²) >= 11 is 10.8. The summed E-state index contributed by atoms with van der Waals surface area (Å²) in [5.74, 6) is 0. The van der Waals surface area contributed by atoms with Crippen LogP contribution in [0.2, 0.25) is 5.02 Å². The second-order valence-electron chi connectivity index (χ2n) is 4.19. The highest BCUT2D eigenvalue weighted by molar-refractivity contribution is 7.89. The molecule has 0 spiro atoms. The predicted octanol–water partition coefficient (Wildman–Crippen LogP) is 1.85. The molecule has 5 nitrogen and oxygen atoms in total. The summed E-state index contributed by atoms with van der Waals surface area (Å²) in [7, 11) is -3.76.